The SMILES string of the molecule is Cc1ncsc1-c1ccc(CNC(=O)[C@@H]2C[C@@H](O)CN2C(=O)[C@@H](NC(=O)CCCCCCCCC(=O)N2CCN(c3ccc(Nc4nc5cccc(-c6ccc(S(C)(=O)=O)cc6)n5n4)cc3)CC2)C(C)(C)C)cc1. The van der Waals surface area contributed by atoms with Gasteiger partial charge in [-0.05, 0) is 84.8 Å². The maximum atomic E-state index is 14.0. The standard InChI is InChI=1S/C55H68N10O7S2/c1-37-50(73-36-57-37)40-19-17-38(18-20-40)34-56-52(69)46-33-43(66)35-64(46)53(70)51(55(2,3)4)60-48(67)15-10-8-6-7-9-11-16-49(68)63-31-29-62(30-32-63)42-25-23-41(24-26-42)58-54-59-47-14-12-13-45(65(47)61-54)39-21-27-44(28-22-39)74(5,71)72/h12-14,17-28,36,43,46,51,66H,6-11,15-16,29-35H2,1-5H3,(H,56,69)(H,58,61)(H,60,67)/t43-,46+,51-/m1/s1. The Morgan fingerprint density at radius 1 is 0.824 bits per heavy atom. The highest BCUT2D eigenvalue weighted by atomic mass is 32.2. The summed E-state index contributed by atoms with van der Waals surface area (Å²) in [6, 6.07) is 26.7. The Bertz CT molecular complexity index is 3020. The number of β-amino-alcohol motifs (C(OH)–C–C–N with tert-alkyl or cyclic N) is 1. The number of carbonyl (C=O) groups is 4. The largest absolute Gasteiger partial charge is 0.391 e. The number of nitrogens with one attached hydrogen (secondary N) is 3. The van der Waals surface area contributed by atoms with Crippen molar-refractivity contribution in [1.29, 1.82) is 0 Å². The lowest BCUT2D eigenvalue weighted by molar-refractivity contribution is -0.144. The van der Waals surface area contributed by atoms with E-state index in [9.17, 15) is 32.7 Å². The Kier molecular flexibility index (Phi) is 17.1. The van der Waals surface area contributed by atoms with Crippen LogP contribution in [0.2, 0.25) is 0 Å². The molecule has 0 radical (unpaired) electrons. The minimum Gasteiger partial charge on any atom is -0.391 e. The van der Waals surface area contributed by atoms with Crippen molar-refractivity contribution in [3.8, 4) is 21.7 Å². The van der Waals surface area contributed by atoms with Crippen LogP contribution >= 0.6 is 11.3 Å². The number of rotatable bonds is 20. The molecule has 5 heterocycles. The summed E-state index contributed by atoms with van der Waals surface area (Å²) in [5.41, 5.74) is 8.27. The molecular weight excluding hydrogens is 977 g/mol. The molecule has 0 saturated carbocycles. The summed E-state index contributed by atoms with van der Waals surface area (Å²) in [6.07, 6.45) is 6.43. The predicted molar refractivity (Wildman–Crippen MR) is 289 cm³/mol. The quantitative estimate of drug-likeness (QED) is 0.0546. The minimum atomic E-state index is -3.30. The van der Waals surface area contributed by atoms with E-state index in [2.05, 4.69) is 48.0 Å². The number of aryl methyl sites for hydroxylation is 1. The zero-order valence-corrected chi connectivity index (χ0v) is 44.6. The maximum Gasteiger partial charge on any atom is 0.247 e. The number of fused-ring (bicyclic) bond motifs is 1. The number of aliphatic hydroxyl groups is 1. The van der Waals surface area contributed by atoms with Gasteiger partial charge in [-0.15, -0.1) is 16.4 Å². The van der Waals surface area contributed by atoms with Gasteiger partial charge in [0.05, 0.1) is 32.8 Å². The number of nitrogens with zero attached hydrogens (tertiary/aromatic N) is 7. The lowest BCUT2D eigenvalue weighted by Gasteiger charge is -2.36. The van der Waals surface area contributed by atoms with Gasteiger partial charge >= 0.3 is 0 Å². The second-order valence-corrected chi connectivity index (χ2v) is 23.4. The van der Waals surface area contributed by atoms with E-state index in [1.54, 1.807) is 40.1 Å². The van der Waals surface area contributed by atoms with E-state index in [0.29, 0.717) is 37.5 Å². The van der Waals surface area contributed by atoms with Gasteiger partial charge < -0.3 is 35.8 Å². The van der Waals surface area contributed by atoms with Crippen LogP contribution in [-0.4, -0.2) is 124 Å². The normalized spacial score (nSPS) is 16.6. The summed E-state index contributed by atoms with van der Waals surface area (Å²) in [4.78, 5) is 69.9. The number of hydrogen-bond acceptors (Lipinski definition) is 13. The van der Waals surface area contributed by atoms with E-state index >= 15 is 0 Å². The van der Waals surface area contributed by atoms with Crippen LogP contribution in [0, 0.1) is 12.3 Å². The molecule has 2 aliphatic heterocycles. The third-order valence-corrected chi connectivity index (χ3v) is 15.9. The van der Waals surface area contributed by atoms with Crippen LogP contribution in [-0.2, 0) is 35.6 Å². The Morgan fingerprint density at radius 2 is 1.49 bits per heavy atom. The number of aliphatic hydroxyl groups excluding tert-OH is 1. The molecule has 3 aromatic heterocycles. The smallest absolute Gasteiger partial charge is 0.247 e. The average Bonchev–Trinajstić information content (AvgIpc) is 4.13. The molecule has 0 bridgehead atoms. The van der Waals surface area contributed by atoms with E-state index in [1.165, 1.54) is 11.2 Å². The third kappa shape index (κ3) is 13.5. The highest BCUT2D eigenvalue weighted by molar-refractivity contribution is 7.90. The van der Waals surface area contributed by atoms with E-state index in [-0.39, 0.29) is 54.5 Å². The number of benzene rings is 3. The molecule has 74 heavy (non-hydrogen) atoms. The average molecular weight is 1050 g/mol. The molecule has 4 N–H and O–H groups in total. The van der Waals surface area contributed by atoms with Gasteiger partial charge in [-0.25, -0.2) is 17.9 Å². The molecule has 2 saturated heterocycles. The third-order valence-electron chi connectivity index (χ3n) is 13.8. The predicted octanol–water partition coefficient (Wildman–Crippen LogP) is 7.55. The molecule has 0 unspecified atom stereocenters. The van der Waals surface area contributed by atoms with Crippen molar-refractivity contribution in [1.82, 2.24) is 40.0 Å². The number of sulfone groups is 1. The molecule has 17 nitrogen and oxygen atoms in total. The Labute approximate surface area is 437 Å². The molecule has 8 rings (SSSR count). The van der Waals surface area contributed by atoms with Gasteiger partial charge in [-0.3, -0.25) is 19.2 Å². The van der Waals surface area contributed by atoms with Crippen LogP contribution < -0.4 is 20.9 Å². The minimum absolute atomic E-state index is 0.0197. The number of piperazine rings is 1. The van der Waals surface area contributed by atoms with Crippen LogP contribution in [0.4, 0.5) is 17.3 Å². The molecule has 2 aliphatic rings. The Balaban J connectivity index is 0.704. The van der Waals surface area contributed by atoms with Crippen LogP contribution in [0.25, 0.3) is 27.3 Å². The molecule has 4 amide bonds. The second-order valence-electron chi connectivity index (χ2n) is 20.5. The number of thiazole rings is 1. The van der Waals surface area contributed by atoms with Crippen molar-refractivity contribution < 1.29 is 32.7 Å². The molecule has 0 aliphatic carbocycles. The van der Waals surface area contributed by atoms with Crippen LogP contribution in [0.5, 0.6) is 0 Å². The topological polar surface area (TPSA) is 212 Å². The number of likely N-dealkylation sites (tertiary alicyclic amines) is 1. The number of hydrogen-bond donors (Lipinski definition) is 4. The lowest BCUT2D eigenvalue weighted by Crippen LogP contribution is -2.57. The fraction of sp³-hybridized carbons (Fsp3) is 0.436. The summed E-state index contributed by atoms with van der Waals surface area (Å²) in [7, 11) is -3.30. The first-order valence-corrected chi connectivity index (χ1v) is 28.3. The van der Waals surface area contributed by atoms with Gasteiger partial charge in [0, 0.05) is 81.7 Å². The highest BCUT2D eigenvalue weighted by Gasteiger charge is 2.44. The van der Waals surface area contributed by atoms with Gasteiger partial charge in [0.15, 0.2) is 15.5 Å². The summed E-state index contributed by atoms with van der Waals surface area (Å²) in [6.45, 7) is 10.7. The van der Waals surface area contributed by atoms with Gasteiger partial charge in [0.2, 0.25) is 29.6 Å². The van der Waals surface area contributed by atoms with Gasteiger partial charge in [-0.1, -0.05) is 88.9 Å². The molecular formula is C55H68N10O7S2. The molecule has 6 aromatic rings. The molecule has 3 aromatic carbocycles. The fourth-order valence-corrected chi connectivity index (χ4v) is 11.0. The van der Waals surface area contributed by atoms with Gasteiger partial charge in [0.25, 0.3) is 0 Å². The maximum absolute atomic E-state index is 14.0. The summed E-state index contributed by atoms with van der Waals surface area (Å²) in [5.74, 6) is -0.326. The van der Waals surface area contributed by atoms with E-state index in [1.807, 2.05) is 92.7 Å². The first kappa shape index (κ1) is 53.6. The first-order chi connectivity index (χ1) is 35.4. The van der Waals surface area contributed by atoms with Crippen molar-refractivity contribution in [2.45, 2.75) is 115 Å². The van der Waals surface area contributed by atoms with Crippen molar-refractivity contribution in [3.05, 3.63) is 108 Å². The van der Waals surface area contributed by atoms with Gasteiger partial charge in [0.1, 0.15) is 12.1 Å². The summed E-state index contributed by atoms with van der Waals surface area (Å²) in [5, 5.41) is 24.5. The molecule has 0 spiro atoms. The highest BCUT2D eigenvalue weighted by Crippen LogP contribution is 2.30. The number of anilines is 3. The molecule has 392 valence electrons. The van der Waals surface area contributed by atoms with E-state index in [4.69, 9.17) is 0 Å². The van der Waals surface area contributed by atoms with Crippen LogP contribution in [0.15, 0.2) is 101 Å². The molecule has 19 heteroatoms. The monoisotopic (exact) mass is 1040 g/mol. The van der Waals surface area contributed by atoms with Crippen molar-refractivity contribution in [3.63, 3.8) is 0 Å². The van der Waals surface area contributed by atoms with Crippen LogP contribution in [0.1, 0.15) is 89.8 Å². The van der Waals surface area contributed by atoms with E-state index < -0.39 is 33.4 Å². The Morgan fingerprint density at radius 3 is 2.14 bits per heavy atom. The fourth-order valence-electron chi connectivity index (χ4n) is 9.59. The van der Waals surface area contributed by atoms with Gasteiger partial charge in [-0.2, -0.15) is 4.98 Å². The zero-order valence-electron chi connectivity index (χ0n) is 42.9. The van der Waals surface area contributed by atoms with Crippen molar-refractivity contribution in [2.75, 3.05) is 49.2 Å². The zero-order chi connectivity index (χ0) is 52.6. The molecule has 2 fully saturated rings. The number of amides is 4. The van der Waals surface area contributed by atoms with Crippen LogP contribution in [0.3, 0.4) is 0 Å². The number of pyridine rings is 1. The van der Waals surface area contributed by atoms with Crippen molar-refractivity contribution in [2.24, 2.45) is 5.41 Å². The first-order valence-electron chi connectivity index (χ1n) is 25.5. The molecule has 3 atom stereocenters. The Hall–Kier alpha value is -6.70. The number of unbranched alkanes of at least 4 members (excludes halogenated alkanes) is 5. The number of aromatic nitrogens is 4. The lowest BCUT2D eigenvalue weighted by atomic mass is 9.85. The van der Waals surface area contributed by atoms with Crippen molar-refractivity contribution >= 4 is 67.8 Å². The van der Waals surface area contributed by atoms with E-state index in [0.717, 1.165) is 89.5 Å². The summed E-state index contributed by atoms with van der Waals surface area (Å²) < 4.78 is 25.6. The number of carbonyl (C=O) groups excluding carboxylic acids is 4. The second kappa shape index (κ2) is 23.7. The summed E-state index contributed by atoms with van der Waals surface area (Å²) >= 11 is 1.58.